The predicted molar refractivity (Wildman–Crippen MR) is 117 cm³/mol. The first kappa shape index (κ1) is 32.1. The Labute approximate surface area is 163 Å². The number of unbranched alkanes of at least 4 members (excludes halogenated alkanes) is 6. The molecule has 0 aromatic rings. The molecule has 0 saturated carbocycles. The van der Waals surface area contributed by atoms with Gasteiger partial charge in [-0.05, 0) is 19.3 Å². The summed E-state index contributed by atoms with van der Waals surface area (Å²) < 4.78 is 4.33. The molecule has 0 rings (SSSR count). The van der Waals surface area contributed by atoms with E-state index in [0.29, 0.717) is 0 Å². The van der Waals surface area contributed by atoms with E-state index in [2.05, 4.69) is 51.8 Å². The highest BCUT2D eigenvalue weighted by atomic mass is 16.5. The molecule has 0 atom stereocenters. The van der Waals surface area contributed by atoms with Crippen LogP contribution in [0.5, 0.6) is 0 Å². The van der Waals surface area contributed by atoms with Crippen molar-refractivity contribution in [2.24, 2.45) is 0 Å². The molecule has 1 N–H and O–H groups in total. The molecule has 0 aromatic carbocycles. The molecule has 0 heterocycles. The summed E-state index contributed by atoms with van der Waals surface area (Å²) in [7, 11) is 0. The Balaban J connectivity index is -0.000000125. The topological polar surface area (TPSA) is 46.5 Å². The highest BCUT2D eigenvalue weighted by Gasteiger charge is 1.90. The van der Waals surface area contributed by atoms with Gasteiger partial charge >= 0.3 is 5.97 Å². The zero-order valence-corrected chi connectivity index (χ0v) is 17.7. The van der Waals surface area contributed by atoms with Gasteiger partial charge in [0.2, 0.25) is 0 Å². The van der Waals surface area contributed by atoms with Crippen molar-refractivity contribution in [3.63, 3.8) is 0 Å². The van der Waals surface area contributed by atoms with Crippen LogP contribution in [0.2, 0.25) is 0 Å². The van der Waals surface area contributed by atoms with E-state index in [1.165, 1.54) is 57.8 Å². The van der Waals surface area contributed by atoms with Crippen LogP contribution in [0.1, 0.15) is 78.6 Å². The van der Waals surface area contributed by atoms with Crippen molar-refractivity contribution in [1.29, 1.82) is 0 Å². The second kappa shape index (κ2) is 38.8. The number of allylic oxidation sites excluding steroid dienone is 3. The van der Waals surface area contributed by atoms with Crippen LogP contribution in [0.25, 0.3) is 0 Å². The van der Waals surface area contributed by atoms with Gasteiger partial charge < -0.3 is 9.84 Å². The van der Waals surface area contributed by atoms with Crippen molar-refractivity contribution >= 4 is 5.97 Å². The zero-order valence-electron chi connectivity index (χ0n) is 17.7. The van der Waals surface area contributed by atoms with E-state index in [1.54, 1.807) is 0 Å². The van der Waals surface area contributed by atoms with Crippen molar-refractivity contribution in [3.05, 3.63) is 50.6 Å². The summed E-state index contributed by atoms with van der Waals surface area (Å²) in [4.78, 5) is 10.1. The minimum Gasteiger partial charge on any atom is -0.460 e. The van der Waals surface area contributed by atoms with Crippen LogP contribution in [0.15, 0.2) is 50.6 Å². The fourth-order valence-corrected chi connectivity index (χ4v) is 1.25. The standard InChI is InChI=1S/3C6H12.C5H8O3/c3*1-3-5-6-4-2;1-2-5(7)8-4-3-6/h3*3H,1,4-6H2,2H3;2,6H,1,3-4H2. The molecule has 0 fully saturated rings. The third-order valence-electron chi connectivity index (χ3n) is 2.79. The molecular weight excluding hydrogens is 324 g/mol. The van der Waals surface area contributed by atoms with Crippen molar-refractivity contribution in [2.75, 3.05) is 13.2 Å². The van der Waals surface area contributed by atoms with Crippen molar-refractivity contribution in [2.45, 2.75) is 78.6 Å². The van der Waals surface area contributed by atoms with Crippen molar-refractivity contribution < 1.29 is 14.6 Å². The average Bonchev–Trinajstić information content (AvgIpc) is 2.68. The first-order chi connectivity index (χ1) is 12.6. The van der Waals surface area contributed by atoms with E-state index in [9.17, 15) is 4.79 Å². The number of carbonyl (C=O) groups excluding carboxylic acids is 1. The maximum absolute atomic E-state index is 10.1. The molecule has 154 valence electrons. The molecule has 26 heavy (non-hydrogen) atoms. The number of ether oxygens (including phenoxy) is 1. The highest BCUT2D eigenvalue weighted by molar-refractivity contribution is 5.81. The first-order valence-corrected chi connectivity index (χ1v) is 9.78. The SMILES string of the molecule is C=CC(=O)OCCO.C=CCCCC.C=CCCCC.C=CCCCC. The lowest BCUT2D eigenvalue weighted by Crippen LogP contribution is -2.04. The molecule has 0 amide bonds. The molecule has 0 aliphatic heterocycles. The minimum absolute atomic E-state index is 0.0465. The number of hydrogen-bond donors (Lipinski definition) is 1. The van der Waals surface area contributed by atoms with Crippen LogP contribution in [-0.4, -0.2) is 24.3 Å². The van der Waals surface area contributed by atoms with Crippen molar-refractivity contribution in [3.8, 4) is 0 Å². The summed E-state index contributed by atoms with van der Waals surface area (Å²) in [5.74, 6) is -0.501. The van der Waals surface area contributed by atoms with Gasteiger partial charge in [0, 0.05) is 6.08 Å². The quantitative estimate of drug-likeness (QED) is 0.178. The molecule has 0 unspecified atom stereocenters. The summed E-state index contributed by atoms with van der Waals surface area (Å²) in [5, 5.41) is 8.10. The summed E-state index contributed by atoms with van der Waals surface area (Å²) in [6.07, 6.45) is 18.2. The van der Waals surface area contributed by atoms with Crippen LogP contribution in [0, 0.1) is 0 Å². The van der Waals surface area contributed by atoms with Crippen LogP contribution in [-0.2, 0) is 9.53 Å². The van der Waals surface area contributed by atoms with Crippen LogP contribution >= 0.6 is 0 Å². The van der Waals surface area contributed by atoms with Gasteiger partial charge in [-0.2, -0.15) is 0 Å². The Hall–Kier alpha value is -1.61. The Morgan fingerprint density at radius 1 is 0.808 bits per heavy atom. The second-order valence-electron chi connectivity index (χ2n) is 5.39. The Kier molecular flexibility index (Phi) is 47.9. The van der Waals surface area contributed by atoms with Gasteiger partial charge in [-0.25, -0.2) is 4.79 Å². The lowest BCUT2D eigenvalue weighted by molar-refractivity contribution is -0.138. The zero-order chi connectivity index (χ0) is 20.9. The van der Waals surface area contributed by atoms with E-state index >= 15 is 0 Å². The Bertz CT molecular complexity index is 267. The van der Waals surface area contributed by atoms with E-state index in [4.69, 9.17) is 5.11 Å². The minimum atomic E-state index is -0.501. The van der Waals surface area contributed by atoms with Crippen LogP contribution < -0.4 is 0 Å². The Morgan fingerprint density at radius 2 is 1.15 bits per heavy atom. The van der Waals surface area contributed by atoms with E-state index in [1.807, 2.05) is 18.2 Å². The fraction of sp³-hybridized carbons (Fsp3) is 0.609. The summed E-state index contributed by atoms with van der Waals surface area (Å²) >= 11 is 0. The van der Waals surface area contributed by atoms with Gasteiger partial charge in [0.05, 0.1) is 6.61 Å². The molecule has 0 aromatic heterocycles. The first-order valence-electron chi connectivity index (χ1n) is 9.78. The third kappa shape index (κ3) is 57.1. The lowest BCUT2D eigenvalue weighted by atomic mass is 10.3. The van der Waals surface area contributed by atoms with Gasteiger partial charge in [-0.1, -0.05) is 84.1 Å². The second-order valence-corrected chi connectivity index (χ2v) is 5.39. The van der Waals surface area contributed by atoms with Gasteiger partial charge in [0.1, 0.15) is 6.61 Å². The normalized spacial score (nSPS) is 8.15. The largest absolute Gasteiger partial charge is 0.460 e. The van der Waals surface area contributed by atoms with Crippen LogP contribution in [0.4, 0.5) is 0 Å². The average molecular weight is 369 g/mol. The maximum Gasteiger partial charge on any atom is 0.330 e. The Morgan fingerprint density at radius 3 is 1.31 bits per heavy atom. The molecule has 0 bridgehead atoms. The molecule has 3 heteroatoms. The molecule has 0 spiro atoms. The summed E-state index contributed by atoms with van der Waals surface area (Å²) in [6.45, 7) is 20.4. The van der Waals surface area contributed by atoms with Gasteiger partial charge in [-0.15, -0.1) is 19.7 Å². The van der Waals surface area contributed by atoms with Crippen LogP contribution in [0.3, 0.4) is 0 Å². The molecule has 0 aliphatic carbocycles. The van der Waals surface area contributed by atoms with Crippen molar-refractivity contribution in [1.82, 2.24) is 0 Å². The monoisotopic (exact) mass is 368 g/mol. The third-order valence-corrected chi connectivity index (χ3v) is 2.79. The molecular formula is C23H44O3. The number of aliphatic hydroxyl groups excluding tert-OH is 1. The molecule has 0 radical (unpaired) electrons. The summed E-state index contributed by atoms with van der Waals surface area (Å²) in [5.41, 5.74) is 0. The predicted octanol–water partition coefficient (Wildman–Crippen LogP) is 6.80. The smallest absolute Gasteiger partial charge is 0.330 e. The molecule has 0 aliphatic rings. The number of esters is 1. The lowest BCUT2D eigenvalue weighted by Gasteiger charge is -1.94. The number of aliphatic hydroxyl groups is 1. The maximum atomic E-state index is 10.1. The number of carbonyl (C=O) groups is 1. The fourth-order valence-electron chi connectivity index (χ4n) is 1.25. The van der Waals surface area contributed by atoms with Gasteiger partial charge in [0.15, 0.2) is 0 Å². The number of hydrogen-bond acceptors (Lipinski definition) is 3. The highest BCUT2D eigenvalue weighted by Crippen LogP contribution is 1.92. The van der Waals surface area contributed by atoms with E-state index in [0.717, 1.165) is 6.08 Å². The summed E-state index contributed by atoms with van der Waals surface area (Å²) in [6, 6.07) is 0. The molecule has 0 saturated heterocycles. The van der Waals surface area contributed by atoms with E-state index in [-0.39, 0.29) is 13.2 Å². The van der Waals surface area contributed by atoms with Gasteiger partial charge in [-0.3, -0.25) is 0 Å². The van der Waals surface area contributed by atoms with Gasteiger partial charge in [0.25, 0.3) is 0 Å². The molecule has 3 nitrogen and oxygen atoms in total. The van der Waals surface area contributed by atoms with E-state index < -0.39 is 5.97 Å². The number of rotatable bonds is 12.